The van der Waals surface area contributed by atoms with Crippen LogP contribution >= 0.6 is 11.6 Å². The minimum Gasteiger partial charge on any atom is -0.493 e. The number of methoxy groups -OCH3 is 1. The molecule has 2 aliphatic heterocycles. The summed E-state index contributed by atoms with van der Waals surface area (Å²) in [5.41, 5.74) is 0.451. The normalized spacial score (nSPS) is 19.3. The van der Waals surface area contributed by atoms with E-state index in [4.69, 9.17) is 25.8 Å². The summed E-state index contributed by atoms with van der Waals surface area (Å²) in [5.74, 6) is 1.33. The summed E-state index contributed by atoms with van der Waals surface area (Å²) >= 11 is 6.41. The number of amides is 2. The molecule has 0 aromatic heterocycles. The van der Waals surface area contributed by atoms with Crippen LogP contribution in [0.2, 0.25) is 5.02 Å². The molecule has 0 spiro atoms. The van der Waals surface area contributed by atoms with Gasteiger partial charge in [0.05, 0.1) is 18.7 Å². The highest BCUT2D eigenvalue weighted by molar-refractivity contribution is 6.32. The first kappa shape index (κ1) is 22.7. The zero-order valence-corrected chi connectivity index (χ0v) is 18.7. The molecule has 7 nitrogen and oxygen atoms in total. The van der Waals surface area contributed by atoms with Crippen LogP contribution in [-0.4, -0.2) is 74.2 Å². The van der Waals surface area contributed by atoms with Crippen molar-refractivity contribution in [2.45, 2.75) is 39.2 Å². The van der Waals surface area contributed by atoms with Gasteiger partial charge in [-0.15, -0.1) is 0 Å². The van der Waals surface area contributed by atoms with Crippen LogP contribution in [0.1, 0.15) is 43.5 Å². The summed E-state index contributed by atoms with van der Waals surface area (Å²) in [6.45, 7) is 7.39. The van der Waals surface area contributed by atoms with E-state index in [-0.39, 0.29) is 17.9 Å². The molecule has 1 aromatic rings. The third-order valence-corrected chi connectivity index (χ3v) is 5.78. The van der Waals surface area contributed by atoms with Crippen molar-refractivity contribution in [1.29, 1.82) is 0 Å². The van der Waals surface area contributed by atoms with Gasteiger partial charge in [0.1, 0.15) is 6.10 Å². The van der Waals surface area contributed by atoms with Crippen LogP contribution in [-0.2, 0) is 9.53 Å². The van der Waals surface area contributed by atoms with Gasteiger partial charge in [-0.2, -0.15) is 0 Å². The van der Waals surface area contributed by atoms with Crippen molar-refractivity contribution in [3.63, 3.8) is 0 Å². The highest BCUT2D eigenvalue weighted by Crippen LogP contribution is 2.37. The molecule has 2 heterocycles. The number of nitrogens with zero attached hydrogens (tertiary/aromatic N) is 2. The summed E-state index contributed by atoms with van der Waals surface area (Å²) in [7, 11) is 1.53. The molecule has 166 valence electrons. The zero-order chi connectivity index (χ0) is 21.7. The molecule has 2 fully saturated rings. The topological polar surface area (TPSA) is 68.3 Å². The molecule has 2 aliphatic rings. The van der Waals surface area contributed by atoms with Crippen LogP contribution in [0.3, 0.4) is 0 Å². The molecule has 0 N–H and O–H groups in total. The molecule has 2 amide bonds. The predicted molar refractivity (Wildman–Crippen MR) is 114 cm³/mol. The number of hydrogen-bond donors (Lipinski definition) is 0. The number of carbonyl (C=O) groups is 2. The second-order valence-electron chi connectivity index (χ2n) is 8.14. The van der Waals surface area contributed by atoms with Crippen LogP contribution in [0.5, 0.6) is 11.5 Å². The van der Waals surface area contributed by atoms with Gasteiger partial charge in [-0.3, -0.25) is 9.59 Å². The maximum atomic E-state index is 13.0. The highest BCUT2D eigenvalue weighted by Gasteiger charge is 2.32. The van der Waals surface area contributed by atoms with Gasteiger partial charge in [0, 0.05) is 38.3 Å². The Kier molecular flexibility index (Phi) is 7.83. The molecule has 0 aliphatic carbocycles. The van der Waals surface area contributed by atoms with E-state index in [9.17, 15) is 9.59 Å². The Labute approximate surface area is 183 Å². The Hall–Kier alpha value is -1.99. The molecule has 0 saturated carbocycles. The van der Waals surface area contributed by atoms with Crippen molar-refractivity contribution in [3.05, 3.63) is 22.7 Å². The Morgan fingerprint density at radius 1 is 1.20 bits per heavy atom. The Morgan fingerprint density at radius 2 is 1.90 bits per heavy atom. The van der Waals surface area contributed by atoms with Crippen molar-refractivity contribution >= 4 is 23.4 Å². The molecule has 8 heteroatoms. The van der Waals surface area contributed by atoms with Crippen LogP contribution in [0, 0.1) is 5.92 Å². The number of ether oxygens (including phenoxy) is 3. The maximum Gasteiger partial charge on any atom is 0.254 e. The SMILES string of the molecule is COc1cc(C(=O)N2CCN(C(=O)C3CCCO3)CC2)cc(Cl)c1OCCC(C)C. The van der Waals surface area contributed by atoms with Crippen LogP contribution in [0.4, 0.5) is 0 Å². The van der Waals surface area contributed by atoms with Crippen molar-refractivity contribution in [2.75, 3.05) is 46.5 Å². The molecule has 1 atom stereocenters. The first-order valence-corrected chi connectivity index (χ1v) is 11.0. The number of rotatable bonds is 7. The predicted octanol–water partition coefficient (Wildman–Crippen LogP) is 3.24. The van der Waals surface area contributed by atoms with E-state index >= 15 is 0 Å². The Bertz CT molecular complexity index is 756. The number of halogens is 1. The number of piperazine rings is 1. The van der Waals surface area contributed by atoms with Crippen molar-refractivity contribution in [3.8, 4) is 11.5 Å². The second-order valence-corrected chi connectivity index (χ2v) is 8.55. The van der Waals surface area contributed by atoms with E-state index in [0.29, 0.717) is 67.4 Å². The van der Waals surface area contributed by atoms with Gasteiger partial charge in [0.25, 0.3) is 11.8 Å². The third-order valence-electron chi connectivity index (χ3n) is 5.50. The van der Waals surface area contributed by atoms with Crippen molar-refractivity contribution < 1.29 is 23.8 Å². The van der Waals surface area contributed by atoms with Crippen LogP contribution in [0.15, 0.2) is 12.1 Å². The molecule has 2 saturated heterocycles. The maximum absolute atomic E-state index is 13.0. The quantitative estimate of drug-likeness (QED) is 0.653. The van der Waals surface area contributed by atoms with Gasteiger partial charge in [0.15, 0.2) is 11.5 Å². The van der Waals surface area contributed by atoms with E-state index in [1.807, 2.05) is 0 Å². The molecule has 1 aromatic carbocycles. The third kappa shape index (κ3) is 5.38. The van der Waals surface area contributed by atoms with Gasteiger partial charge >= 0.3 is 0 Å². The number of benzene rings is 1. The Morgan fingerprint density at radius 3 is 2.50 bits per heavy atom. The first-order chi connectivity index (χ1) is 14.4. The fraction of sp³-hybridized carbons (Fsp3) is 0.636. The van der Waals surface area contributed by atoms with Gasteiger partial charge in [0.2, 0.25) is 0 Å². The molecule has 1 unspecified atom stereocenters. The largest absolute Gasteiger partial charge is 0.493 e. The summed E-state index contributed by atoms with van der Waals surface area (Å²) in [6.07, 6.45) is 2.28. The summed E-state index contributed by atoms with van der Waals surface area (Å²) in [5, 5.41) is 0.355. The van der Waals surface area contributed by atoms with E-state index in [1.54, 1.807) is 21.9 Å². The van der Waals surface area contributed by atoms with Crippen molar-refractivity contribution in [2.24, 2.45) is 5.92 Å². The van der Waals surface area contributed by atoms with Gasteiger partial charge in [-0.25, -0.2) is 0 Å². The molecular formula is C22H31ClN2O5. The van der Waals surface area contributed by atoms with Crippen molar-refractivity contribution in [1.82, 2.24) is 9.80 Å². The fourth-order valence-electron chi connectivity index (χ4n) is 3.67. The lowest BCUT2D eigenvalue weighted by Crippen LogP contribution is -2.52. The summed E-state index contributed by atoms with van der Waals surface area (Å²) in [4.78, 5) is 29.0. The lowest BCUT2D eigenvalue weighted by Gasteiger charge is -2.35. The zero-order valence-electron chi connectivity index (χ0n) is 18.0. The first-order valence-electron chi connectivity index (χ1n) is 10.6. The summed E-state index contributed by atoms with van der Waals surface area (Å²) < 4.78 is 16.7. The van der Waals surface area contributed by atoms with Gasteiger partial charge in [-0.1, -0.05) is 25.4 Å². The van der Waals surface area contributed by atoms with Crippen LogP contribution in [0.25, 0.3) is 0 Å². The standard InChI is InChI=1S/C22H31ClN2O5/c1-15(2)6-12-30-20-17(23)13-16(14-19(20)28-3)21(26)24-7-9-25(10-8-24)22(27)18-5-4-11-29-18/h13-15,18H,4-12H2,1-3H3. The molecule has 0 radical (unpaired) electrons. The lowest BCUT2D eigenvalue weighted by atomic mass is 10.1. The number of hydrogen-bond acceptors (Lipinski definition) is 5. The monoisotopic (exact) mass is 438 g/mol. The Balaban J connectivity index is 1.62. The molecular weight excluding hydrogens is 408 g/mol. The molecule has 3 rings (SSSR count). The average Bonchev–Trinajstić information content (AvgIpc) is 3.28. The van der Waals surface area contributed by atoms with Crippen LogP contribution < -0.4 is 9.47 Å². The van der Waals surface area contributed by atoms with E-state index < -0.39 is 0 Å². The smallest absolute Gasteiger partial charge is 0.254 e. The lowest BCUT2D eigenvalue weighted by molar-refractivity contribution is -0.142. The van der Waals surface area contributed by atoms with E-state index in [2.05, 4.69) is 13.8 Å². The average molecular weight is 439 g/mol. The number of carbonyl (C=O) groups excluding carboxylic acids is 2. The highest BCUT2D eigenvalue weighted by atomic mass is 35.5. The van der Waals surface area contributed by atoms with Gasteiger partial charge in [-0.05, 0) is 37.3 Å². The summed E-state index contributed by atoms with van der Waals surface area (Å²) in [6, 6.07) is 3.30. The molecule has 0 bridgehead atoms. The van der Waals surface area contributed by atoms with Gasteiger partial charge < -0.3 is 24.0 Å². The second kappa shape index (κ2) is 10.4. The van der Waals surface area contributed by atoms with E-state index in [1.165, 1.54) is 7.11 Å². The minimum absolute atomic E-state index is 0.0345. The minimum atomic E-state index is -0.321. The molecule has 30 heavy (non-hydrogen) atoms. The fourth-order valence-corrected chi connectivity index (χ4v) is 3.93. The van der Waals surface area contributed by atoms with E-state index in [0.717, 1.165) is 19.3 Å².